The molecule has 1 aromatic carbocycles. The highest BCUT2D eigenvalue weighted by atomic mass is 127. The number of piperidine rings is 1. The van der Waals surface area contributed by atoms with Crippen molar-refractivity contribution < 1.29 is 9.26 Å². The number of benzene rings is 1. The molecule has 8 heteroatoms. The Morgan fingerprint density at radius 2 is 1.89 bits per heavy atom. The summed E-state index contributed by atoms with van der Waals surface area (Å²) < 4.78 is 10.5. The summed E-state index contributed by atoms with van der Waals surface area (Å²) in [4.78, 5) is 11.2. The molecular formula is C20H30IN5O2. The summed E-state index contributed by atoms with van der Waals surface area (Å²) in [6.07, 6.45) is 7.63. The first kappa shape index (κ1) is 22.4. The highest BCUT2D eigenvalue weighted by Gasteiger charge is 2.11. The van der Waals surface area contributed by atoms with E-state index in [1.807, 2.05) is 24.3 Å². The standard InChI is InChI=1S/C20H29N5O2.HI/c1-26-17-11-9-16(10-12-17)19-23-18(27-24-19)8-4-2-5-13-22-20(21)25-14-6-3-7-15-25;/h9-12H,2-8,13-15H2,1H3,(H2,21,22);1H. The molecular weight excluding hydrogens is 469 g/mol. The van der Waals surface area contributed by atoms with E-state index in [1.165, 1.54) is 19.3 Å². The first-order valence-corrected chi connectivity index (χ1v) is 9.78. The molecule has 1 saturated heterocycles. The Hall–Kier alpha value is -1.84. The Balaban J connectivity index is 0.00000280. The van der Waals surface area contributed by atoms with Crippen LogP contribution in [0.25, 0.3) is 11.4 Å². The van der Waals surface area contributed by atoms with Crippen molar-refractivity contribution in [3.63, 3.8) is 0 Å². The van der Waals surface area contributed by atoms with E-state index in [9.17, 15) is 0 Å². The van der Waals surface area contributed by atoms with Crippen molar-refractivity contribution in [2.24, 2.45) is 10.7 Å². The molecule has 0 atom stereocenters. The zero-order valence-corrected chi connectivity index (χ0v) is 18.8. The Morgan fingerprint density at radius 1 is 1.14 bits per heavy atom. The SMILES string of the molecule is COc1ccc(-c2noc(CCCCCN=C(N)N3CCCCC3)n2)cc1.I. The Morgan fingerprint density at radius 3 is 2.61 bits per heavy atom. The number of likely N-dealkylation sites (tertiary alicyclic amines) is 1. The molecule has 7 nitrogen and oxygen atoms in total. The van der Waals surface area contributed by atoms with E-state index in [0.29, 0.717) is 17.7 Å². The van der Waals surface area contributed by atoms with Gasteiger partial charge in [-0.15, -0.1) is 24.0 Å². The second kappa shape index (κ2) is 11.9. The van der Waals surface area contributed by atoms with Gasteiger partial charge in [-0.25, -0.2) is 0 Å². The number of nitrogens with zero attached hydrogens (tertiary/aromatic N) is 4. The maximum atomic E-state index is 6.07. The van der Waals surface area contributed by atoms with Gasteiger partial charge in [-0.2, -0.15) is 4.98 Å². The fourth-order valence-corrected chi connectivity index (χ4v) is 3.20. The van der Waals surface area contributed by atoms with Gasteiger partial charge in [-0.3, -0.25) is 4.99 Å². The number of methoxy groups -OCH3 is 1. The average Bonchev–Trinajstić information content (AvgIpc) is 3.20. The lowest BCUT2D eigenvalue weighted by Crippen LogP contribution is -2.40. The summed E-state index contributed by atoms with van der Waals surface area (Å²) in [5, 5.41) is 4.06. The van der Waals surface area contributed by atoms with Gasteiger partial charge in [-0.05, 0) is 56.4 Å². The van der Waals surface area contributed by atoms with Gasteiger partial charge in [0.1, 0.15) is 5.75 Å². The fraction of sp³-hybridized carbons (Fsp3) is 0.550. The molecule has 2 N–H and O–H groups in total. The molecule has 0 unspecified atom stereocenters. The Labute approximate surface area is 183 Å². The predicted octanol–water partition coefficient (Wildman–Crippen LogP) is 3.88. The molecule has 3 rings (SSSR count). The molecule has 2 heterocycles. The van der Waals surface area contributed by atoms with Crippen LogP contribution in [0.4, 0.5) is 0 Å². The number of aliphatic imine (C=N–C) groups is 1. The monoisotopic (exact) mass is 499 g/mol. The topological polar surface area (TPSA) is 89.8 Å². The summed E-state index contributed by atoms with van der Waals surface area (Å²) in [7, 11) is 1.65. The van der Waals surface area contributed by atoms with Crippen LogP contribution in [-0.4, -0.2) is 47.7 Å². The van der Waals surface area contributed by atoms with Gasteiger partial charge in [0, 0.05) is 31.6 Å². The van der Waals surface area contributed by atoms with Crippen molar-refractivity contribution in [3.8, 4) is 17.1 Å². The zero-order valence-electron chi connectivity index (χ0n) is 16.5. The third-order valence-corrected chi connectivity index (χ3v) is 4.82. The molecule has 154 valence electrons. The van der Waals surface area contributed by atoms with Gasteiger partial charge in [0.2, 0.25) is 11.7 Å². The Bertz CT molecular complexity index is 726. The first-order chi connectivity index (χ1) is 13.3. The highest BCUT2D eigenvalue weighted by Crippen LogP contribution is 2.20. The van der Waals surface area contributed by atoms with Crippen molar-refractivity contribution >= 4 is 29.9 Å². The third kappa shape index (κ3) is 6.65. The average molecular weight is 499 g/mol. The number of nitrogens with two attached hydrogens (primary N) is 1. The van der Waals surface area contributed by atoms with Gasteiger partial charge in [0.25, 0.3) is 0 Å². The van der Waals surface area contributed by atoms with Crippen LogP contribution in [0.1, 0.15) is 44.4 Å². The van der Waals surface area contributed by atoms with Gasteiger partial charge < -0.3 is 19.9 Å². The van der Waals surface area contributed by atoms with Gasteiger partial charge >= 0.3 is 0 Å². The molecule has 0 aliphatic carbocycles. The molecule has 1 aliphatic rings. The molecule has 0 saturated carbocycles. The summed E-state index contributed by atoms with van der Waals surface area (Å²) in [5.74, 6) is 2.81. The summed E-state index contributed by atoms with van der Waals surface area (Å²) in [5.41, 5.74) is 6.99. The van der Waals surface area contributed by atoms with Crippen LogP contribution in [0.3, 0.4) is 0 Å². The summed E-state index contributed by atoms with van der Waals surface area (Å²) in [6, 6.07) is 7.64. The van der Waals surface area contributed by atoms with Gasteiger partial charge in [-0.1, -0.05) is 11.6 Å². The van der Waals surface area contributed by atoms with Crippen molar-refractivity contribution in [1.29, 1.82) is 0 Å². The van der Waals surface area contributed by atoms with Crippen molar-refractivity contribution in [1.82, 2.24) is 15.0 Å². The van der Waals surface area contributed by atoms with Crippen LogP contribution >= 0.6 is 24.0 Å². The van der Waals surface area contributed by atoms with E-state index in [0.717, 1.165) is 56.6 Å². The minimum absolute atomic E-state index is 0. The number of unbranched alkanes of at least 4 members (excludes halogenated alkanes) is 2. The number of rotatable bonds is 8. The van der Waals surface area contributed by atoms with Crippen molar-refractivity contribution in [3.05, 3.63) is 30.2 Å². The molecule has 1 fully saturated rings. The largest absolute Gasteiger partial charge is 0.497 e. The van der Waals surface area contributed by atoms with Crippen LogP contribution in [0.2, 0.25) is 0 Å². The van der Waals surface area contributed by atoms with Crippen LogP contribution in [0, 0.1) is 0 Å². The first-order valence-electron chi connectivity index (χ1n) is 9.78. The third-order valence-electron chi connectivity index (χ3n) is 4.82. The lowest BCUT2D eigenvalue weighted by atomic mass is 10.1. The van der Waals surface area contributed by atoms with Crippen LogP contribution in [-0.2, 0) is 6.42 Å². The second-order valence-corrected chi connectivity index (χ2v) is 6.84. The van der Waals surface area contributed by atoms with E-state index in [2.05, 4.69) is 20.0 Å². The molecule has 1 aromatic heterocycles. The lowest BCUT2D eigenvalue weighted by molar-refractivity contribution is 0.338. The molecule has 2 aromatic rings. The van der Waals surface area contributed by atoms with E-state index in [1.54, 1.807) is 7.11 Å². The van der Waals surface area contributed by atoms with Crippen molar-refractivity contribution in [2.75, 3.05) is 26.7 Å². The maximum Gasteiger partial charge on any atom is 0.226 e. The zero-order chi connectivity index (χ0) is 18.9. The van der Waals surface area contributed by atoms with Gasteiger partial charge in [0.15, 0.2) is 5.96 Å². The summed E-state index contributed by atoms with van der Waals surface area (Å²) in [6.45, 7) is 2.87. The minimum Gasteiger partial charge on any atom is -0.497 e. The molecule has 1 aliphatic heterocycles. The van der Waals surface area contributed by atoms with E-state index < -0.39 is 0 Å². The van der Waals surface area contributed by atoms with Crippen molar-refractivity contribution in [2.45, 2.75) is 44.9 Å². The van der Waals surface area contributed by atoms with E-state index in [4.69, 9.17) is 15.0 Å². The molecule has 0 spiro atoms. The molecule has 0 amide bonds. The number of aromatic nitrogens is 2. The number of ether oxygens (including phenoxy) is 1. The second-order valence-electron chi connectivity index (χ2n) is 6.84. The summed E-state index contributed by atoms with van der Waals surface area (Å²) >= 11 is 0. The number of hydrogen-bond donors (Lipinski definition) is 1. The number of hydrogen-bond acceptors (Lipinski definition) is 5. The maximum absolute atomic E-state index is 6.07. The number of halogens is 1. The highest BCUT2D eigenvalue weighted by molar-refractivity contribution is 14.0. The molecule has 28 heavy (non-hydrogen) atoms. The number of aryl methyl sites for hydroxylation is 1. The normalized spacial score (nSPS) is 14.6. The van der Waals surface area contributed by atoms with Crippen LogP contribution in [0.15, 0.2) is 33.8 Å². The lowest BCUT2D eigenvalue weighted by Gasteiger charge is -2.27. The smallest absolute Gasteiger partial charge is 0.226 e. The minimum atomic E-state index is 0. The predicted molar refractivity (Wildman–Crippen MR) is 121 cm³/mol. The Kier molecular flexibility index (Phi) is 9.52. The number of guanidine groups is 1. The molecule has 0 radical (unpaired) electrons. The molecule has 0 bridgehead atoms. The van der Waals surface area contributed by atoms with Crippen LogP contribution < -0.4 is 10.5 Å². The quantitative estimate of drug-likeness (QED) is 0.257. The van der Waals surface area contributed by atoms with E-state index >= 15 is 0 Å². The van der Waals surface area contributed by atoms with Crippen LogP contribution in [0.5, 0.6) is 5.75 Å². The fourth-order valence-electron chi connectivity index (χ4n) is 3.20. The van der Waals surface area contributed by atoms with E-state index in [-0.39, 0.29) is 24.0 Å². The van der Waals surface area contributed by atoms with Gasteiger partial charge in [0.05, 0.1) is 7.11 Å².